The second-order valence-electron chi connectivity index (χ2n) is 4.87. The first-order valence-corrected chi connectivity index (χ1v) is 6.76. The molecular weight excluding hydrogens is 261 g/mol. The van der Waals surface area contributed by atoms with Gasteiger partial charge in [0, 0.05) is 25.2 Å². The van der Waals surface area contributed by atoms with Crippen LogP contribution in [0.3, 0.4) is 0 Å². The van der Waals surface area contributed by atoms with Gasteiger partial charge in [-0.15, -0.1) is 0 Å². The Hall–Kier alpha value is -1.98. The number of hydrogen-bond acceptors (Lipinski definition) is 4. The van der Waals surface area contributed by atoms with Gasteiger partial charge >= 0.3 is 0 Å². The molecule has 0 saturated carbocycles. The summed E-state index contributed by atoms with van der Waals surface area (Å²) in [7, 11) is 1.46. The van der Waals surface area contributed by atoms with Crippen molar-refractivity contribution in [3.8, 4) is 5.75 Å². The Morgan fingerprint density at radius 3 is 2.75 bits per heavy atom. The molecule has 0 spiro atoms. The lowest BCUT2D eigenvalue weighted by Gasteiger charge is -2.27. The summed E-state index contributed by atoms with van der Waals surface area (Å²) in [5.74, 6) is -0.117. The summed E-state index contributed by atoms with van der Waals surface area (Å²) in [6.45, 7) is 1.64. The van der Waals surface area contributed by atoms with E-state index >= 15 is 0 Å². The summed E-state index contributed by atoms with van der Waals surface area (Å²) in [4.78, 5) is 13.8. The quantitative estimate of drug-likeness (QED) is 0.826. The number of benzene rings is 1. The first kappa shape index (κ1) is 14.4. The van der Waals surface area contributed by atoms with Gasteiger partial charge in [-0.05, 0) is 19.3 Å². The SMILES string of the molecule is COc1cc(NCC(=O)N2CCCCC2)c(F)cc1N. The highest BCUT2D eigenvalue weighted by atomic mass is 19.1. The fourth-order valence-corrected chi connectivity index (χ4v) is 2.31. The van der Waals surface area contributed by atoms with Crippen LogP contribution >= 0.6 is 0 Å². The molecule has 0 unspecified atom stereocenters. The summed E-state index contributed by atoms with van der Waals surface area (Å²) >= 11 is 0. The van der Waals surface area contributed by atoms with Gasteiger partial charge in [-0.2, -0.15) is 0 Å². The van der Waals surface area contributed by atoms with Crippen molar-refractivity contribution in [3.63, 3.8) is 0 Å². The standard InChI is InChI=1S/C14H20FN3O2/c1-20-13-8-12(10(15)7-11(13)16)17-9-14(19)18-5-3-2-4-6-18/h7-8,17H,2-6,9,16H2,1H3. The van der Waals surface area contributed by atoms with Gasteiger partial charge < -0.3 is 20.7 Å². The number of halogens is 1. The highest BCUT2D eigenvalue weighted by molar-refractivity contribution is 5.81. The first-order valence-electron chi connectivity index (χ1n) is 6.76. The first-order chi connectivity index (χ1) is 9.61. The van der Waals surface area contributed by atoms with Crippen LogP contribution in [0.5, 0.6) is 5.75 Å². The summed E-state index contributed by atoms with van der Waals surface area (Å²) in [6, 6.07) is 2.65. The van der Waals surface area contributed by atoms with Crippen molar-refractivity contribution in [1.29, 1.82) is 0 Å². The molecule has 1 saturated heterocycles. The molecule has 3 N–H and O–H groups in total. The maximum atomic E-state index is 13.7. The molecule has 1 aliphatic rings. The summed E-state index contributed by atoms with van der Waals surface area (Å²) in [6.07, 6.45) is 3.24. The number of anilines is 2. The van der Waals surface area contributed by atoms with Gasteiger partial charge in [-0.3, -0.25) is 4.79 Å². The third kappa shape index (κ3) is 3.31. The summed E-state index contributed by atoms with van der Waals surface area (Å²) in [5.41, 5.74) is 6.06. The molecule has 1 aromatic rings. The van der Waals surface area contributed by atoms with Crippen molar-refractivity contribution < 1.29 is 13.9 Å². The Balaban J connectivity index is 1.97. The van der Waals surface area contributed by atoms with Crippen LogP contribution in [0.25, 0.3) is 0 Å². The number of amides is 1. The number of nitrogens with two attached hydrogens (primary N) is 1. The van der Waals surface area contributed by atoms with E-state index in [9.17, 15) is 9.18 Å². The molecule has 1 aliphatic heterocycles. The predicted molar refractivity (Wildman–Crippen MR) is 76.3 cm³/mol. The number of carbonyl (C=O) groups is 1. The smallest absolute Gasteiger partial charge is 0.241 e. The highest BCUT2D eigenvalue weighted by Crippen LogP contribution is 2.28. The van der Waals surface area contributed by atoms with E-state index in [1.165, 1.54) is 25.7 Å². The predicted octanol–water partition coefficient (Wildman–Crippen LogP) is 1.84. The number of rotatable bonds is 4. The molecular formula is C14H20FN3O2. The number of methoxy groups -OCH3 is 1. The van der Waals surface area contributed by atoms with Crippen molar-refractivity contribution in [3.05, 3.63) is 17.9 Å². The van der Waals surface area contributed by atoms with E-state index in [0.717, 1.165) is 25.9 Å². The molecule has 0 atom stereocenters. The van der Waals surface area contributed by atoms with E-state index < -0.39 is 5.82 Å². The highest BCUT2D eigenvalue weighted by Gasteiger charge is 2.17. The van der Waals surface area contributed by atoms with Crippen molar-refractivity contribution >= 4 is 17.3 Å². The lowest BCUT2D eigenvalue weighted by molar-refractivity contribution is -0.130. The number of nitrogens with one attached hydrogen (secondary N) is 1. The molecule has 1 amide bonds. The number of ether oxygens (including phenoxy) is 1. The van der Waals surface area contributed by atoms with E-state index in [2.05, 4.69) is 5.32 Å². The van der Waals surface area contributed by atoms with Crippen molar-refractivity contribution in [2.45, 2.75) is 19.3 Å². The maximum absolute atomic E-state index is 13.7. The second kappa shape index (κ2) is 6.45. The Morgan fingerprint density at radius 2 is 2.10 bits per heavy atom. The number of carbonyl (C=O) groups excluding carboxylic acids is 1. The molecule has 0 aromatic heterocycles. The third-order valence-electron chi connectivity index (χ3n) is 3.46. The molecule has 20 heavy (non-hydrogen) atoms. The molecule has 1 aromatic carbocycles. The van der Waals surface area contributed by atoms with Crippen LogP contribution in [0.15, 0.2) is 12.1 Å². The number of nitrogen functional groups attached to an aromatic ring is 1. The molecule has 1 fully saturated rings. The zero-order valence-electron chi connectivity index (χ0n) is 11.6. The van der Waals surface area contributed by atoms with E-state index in [4.69, 9.17) is 10.5 Å². The Kier molecular flexibility index (Phi) is 4.65. The minimum atomic E-state index is -0.491. The van der Waals surface area contributed by atoms with E-state index in [1.54, 1.807) is 0 Å². The topological polar surface area (TPSA) is 67.6 Å². The van der Waals surface area contributed by atoms with Crippen LogP contribution in [0.1, 0.15) is 19.3 Å². The zero-order valence-corrected chi connectivity index (χ0v) is 11.6. The van der Waals surface area contributed by atoms with Crippen LogP contribution in [0, 0.1) is 5.82 Å². The fourth-order valence-electron chi connectivity index (χ4n) is 2.31. The maximum Gasteiger partial charge on any atom is 0.241 e. The third-order valence-corrected chi connectivity index (χ3v) is 3.46. The molecule has 0 bridgehead atoms. The monoisotopic (exact) mass is 281 g/mol. The molecule has 2 rings (SSSR count). The zero-order chi connectivity index (χ0) is 14.5. The van der Waals surface area contributed by atoms with Gasteiger partial charge in [-0.25, -0.2) is 4.39 Å². The van der Waals surface area contributed by atoms with Gasteiger partial charge in [0.25, 0.3) is 0 Å². The average molecular weight is 281 g/mol. The van der Waals surface area contributed by atoms with E-state index in [1.807, 2.05) is 4.90 Å². The van der Waals surface area contributed by atoms with E-state index in [0.29, 0.717) is 5.75 Å². The van der Waals surface area contributed by atoms with Crippen LogP contribution in [0.4, 0.5) is 15.8 Å². The van der Waals surface area contributed by atoms with Crippen LogP contribution in [-0.2, 0) is 4.79 Å². The molecule has 1 heterocycles. The Morgan fingerprint density at radius 1 is 1.40 bits per heavy atom. The molecule has 0 radical (unpaired) electrons. The van der Waals surface area contributed by atoms with Crippen LogP contribution in [0.2, 0.25) is 0 Å². The lowest BCUT2D eigenvalue weighted by atomic mass is 10.1. The van der Waals surface area contributed by atoms with Crippen molar-refractivity contribution in [2.75, 3.05) is 37.8 Å². The van der Waals surface area contributed by atoms with Crippen LogP contribution in [-0.4, -0.2) is 37.6 Å². The minimum absolute atomic E-state index is 0.0140. The number of nitrogens with zero attached hydrogens (tertiary/aromatic N) is 1. The lowest BCUT2D eigenvalue weighted by Crippen LogP contribution is -2.39. The Bertz CT molecular complexity index is 488. The van der Waals surface area contributed by atoms with Crippen LogP contribution < -0.4 is 15.8 Å². The van der Waals surface area contributed by atoms with Gasteiger partial charge in [0.1, 0.15) is 11.6 Å². The van der Waals surface area contributed by atoms with Gasteiger partial charge in [-0.1, -0.05) is 0 Å². The second-order valence-corrected chi connectivity index (χ2v) is 4.87. The molecule has 6 heteroatoms. The van der Waals surface area contributed by atoms with Crippen molar-refractivity contribution in [2.24, 2.45) is 0 Å². The largest absolute Gasteiger partial charge is 0.495 e. The summed E-state index contributed by atoms with van der Waals surface area (Å²) < 4.78 is 18.8. The number of hydrogen-bond donors (Lipinski definition) is 2. The Labute approximate surface area is 117 Å². The van der Waals surface area contributed by atoms with E-state index in [-0.39, 0.29) is 23.8 Å². The van der Waals surface area contributed by atoms with Gasteiger partial charge in [0.15, 0.2) is 0 Å². The fraction of sp³-hybridized carbons (Fsp3) is 0.500. The normalized spacial score (nSPS) is 15.0. The van der Waals surface area contributed by atoms with Gasteiger partial charge in [0.2, 0.25) is 5.91 Å². The molecule has 5 nitrogen and oxygen atoms in total. The van der Waals surface area contributed by atoms with Gasteiger partial charge in [0.05, 0.1) is 25.0 Å². The van der Waals surface area contributed by atoms with Crippen molar-refractivity contribution in [1.82, 2.24) is 4.90 Å². The summed E-state index contributed by atoms with van der Waals surface area (Å²) in [5, 5.41) is 2.81. The molecule has 0 aliphatic carbocycles. The molecule has 110 valence electrons. The average Bonchev–Trinajstić information content (AvgIpc) is 2.47. The number of piperidine rings is 1. The minimum Gasteiger partial charge on any atom is -0.495 e. The number of likely N-dealkylation sites (tertiary alicyclic amines) is 1.